The van der Waals surface area contributed by atoms with Crippen molar-refractivity contribution in [3.05, 3.63) is 29.8 Å². The van der Waals surface area contributed by atoms with Crippen LogP contribution in [0.15, 0.2) is 29.2 Å². The zero-order valence-corrected chi connectivity index (χ0v) is 20.0. The molecule has 5 rings (SSSR count). The molecule has 4 aliphatic rings. The van der Waals surface area contributed by atoms with Crippen molar-refractivity contribution < 1.29 is 17.7 Å². The Morgan fingerprint density at radius 2 is 1.68 bits per heavy atom. The Labute approximate surface area is 187 Å². The van der Waals surface area contributed by atoms with E-state index in [0.717, 1.165) is 17.9 Å². The molecule has 4 aliphatic carbocycles. The first kappa shape index (κ1) is 21.9. The minimum Gasteiger partial charge on any atom is -0.390 e. The van der Waals surface area contributed by atoms with E-state index in [2.05, 4.69) is 13.8 Å². The average Bonchev–Trinajstić information content (AvgIpc) is 2.98. The van der Waals surface area contributed by atoms with E-state index >= 15 is 0 Å². The van der Waals surface area contributed by atoms with Crippen LogP contribution in [0.4, 0.5) is 0 Å². The number of aryl methyl sites for hydroxylation is 1. The summed E-state index contributed by atoms with van der Waals surface area (Å²) in [4.78, 5) is 0.179. The fraction of sp³-hybridized carbons (Fsp3) is 0.769. The van der Waals surface area contributed by atoms with Gasteiger partial charge in [0.15, 0.2) is 0 Å². The Morgan fingerprint density at radius 1 is 0.935 bits per heavy atom. The summed E-state index contributed by atoms with van der Waals surface area (Å²) in [5.41, 5.74) is 1.20. The maximum atomic E-state index is 12.9. The van der Waals surface area contributed by atoms with Crippen LogP contribution in [0.2, 0.25) is 0 Å². The van der Waals surface area contributed by atoms with E-state index in [1.54, 1.807) is 24.3 Å². The molecular weight excluding hydrogens is 408 g/mol. The average molecular weight is 447 g/mol. The second kappa shape index (κ2) is 7.56. The predicted molar refractivity (Wildman–Crippen MR) is 121 cm³/mol. The van der Waals surface area contributed by atoms with Crippen molar-refractivity contribution in [3.63, 3.8) is 0 Å². The van der Waals surface area contributed by atoms with Gasteiger partial charge >= 0.3 is 0 Å². The van der Waals surface area contributed by atoms with E-state index in [9.17, 15) is 13.5 Å². The van der Waals surface area contributed by atoms with E-state index in [4.69, 9.17) is 4.18 Å². The van der Waals surface area contributed by atoms with Gasteiger partial charge in [-0.1, -0.05) is 44.4 Å². The van der Waals surface area contributed by atoms with Gasteiger partial charge in [-0.3, -0.25) is 4.18 Å². The Hall–Kier alpha value is -0.910. The summed E-state index contributed by atoms with van der Waals surface area (Å²) in [6.07, 6.45) is 9.41. The van der Waals surface area contributed by atoms with Gasteiger partial charge in [-0.2, -0.15) is 8.42 Å². The number of fused-ring (bicyclic) bond motifs is 5. The minimum absolute atomic E-state index is 0.179. The van der Waals surface area contributed by atoms with E-state index in [-0.39, 0.29) is 10.3 Å². The predicted octanol–water partition coefficient (Wildman–Crippen LogP) is 5.47. The molecule has 0 saturated heterocycles. The fourth-order valence-corrected chi connectivity index (χ4v) is 9.36. The largest absolute Gasteiger partial charge is 0.390 e. The number of rotatable bonds is 3. The summed E-state index contributed by atoms with van der Waals surface area (Å²) in [6, 6.07) is 6.77. The number of aliphatic hydroxyl groups excluding tert-OH is 1. The summed E-state index contributed by atoms with van der Waals surface area (Å²) in [5.74, 6) is 2.50. The van der Waals surface area contributed by atoms with Crippen LogP contribution in [0.25, 0.3) is 0 Å². The first-order valence-electron chi connectivity index (χ1n) is 12.3. The van der Waals surface area contributed by atoms with Crippen molar-refractivity contribution in [3.8, 4) is 0 Å². The zero-order chi connectivity index (χ0) is 22.0. The van der Waals surface area contributed by atoms with Gasteiger partial charge < -0.3 is 5.11 Å². The first-order valence-corrected chi connectivity index (χ1v) is 13.7. The quantitative estimate of drug-likeness (QED) is 0.625. The molecule has 0 radical (unpaired) electrons. The van der Waals surface area contributed by atoms with Crippen molar-refractivity contribution >= 4 is 10.1 Å². The van der Waals surface area contributed by atoms with Gasteiger partial charge in [-0.15, -0.1) is 0 Å². The molecule has 0 spiro atoms. The lowest BCUT2D eigenvalue weighted by Gasteiger charge is -2.60. The van der Waals surface area contributed by atoms with Crippen molar-refractivity contribution in [2.24, 2.45) is 34.5 Å². The van der Waals surface area contributed by atoms with Crippen LogP contribution in [0.5, 0.6) is 0 Å². The minimum atomic E-state index is -3.88. The normalized spacial score (nSPS) is 44.9. The summed E-state index contributed by atoms with van der Waals surface area (Å²) < 4.78 is 31.6. The topological polar surface area (TPSA) is 63.6 Å². The molecular formula is C26H38O4S. The van der Waals surface area contributed by atoms with Gasteiger partial charge in [0.1, 0.15) is 6.10 Å². The maximum absolute atomic E-state index is 12.9. The third kappa shape index (κ3) is 3.41. The van der Waals surface area contributed by atoms with Gasteiger partial charge in [0.2, 0.25) is 0 Å². The van der Waals surface area contributed by atoms with Crippen LogP contribution < -0.4 is 0 Å². The van der Waals surface area contributed by atoms with Gasteiger partial charge in [-0.05, 0) is 98.5 Å². The molecule has 4 saturated carbocycles. The summed E-state index contributed by atoms with van der Waals surface area (Å²) in [6.45, 7) is 6.66. The molecule has 1 aromatic carbocycles. The van der Waals surface area contributed by atoms with Gasteiger partial charge in [0.25, 0.3) is 10.1 Å². The third-order valence-electron chi connectivity index (χ3n) is 10.1. The van der Waals surface area contributed by atoms with E-state index in [0.29, 0.717) is 29.6 Å². The summed E-state index contributed by atoms with van der Waals surface area (Å²) in [5, 5.41) is 11.3. The Morgan fingerprint density at radius 3 is 2.42 bits per heavy atom. The molecule has 0 unspecified atom stereocenters. The molecule has 0 amide bonds. The molecule has 172 valence electrons. The Kier molecular flexibility index (Phi) is 5.35. The van der Waals surface area contributed by atoms with Crippen LogP contribution in [0.1, 0.15) is 77.2 Å². The molecule has 4 fully saturated rings. The number of hydrogen-bond donors (Lipinski definition) is 1. The van der Waals surface area contributed by atoms with E-state index in [1.807, 2.05) is 6.92 Å². The highest BCUT2D eigenvalue weighted by atomic mass is 32.2. The maximum Gasteiger partial charge on any atom is 0.297 e. The molecule has 8 atom stereocenters. The summed E-state index contributed by atoms with van der Waals surface area (Å²) in [7, 11) is -3.88. The molecule has 1 N–H and O–H groups in total. The third-order valence-corrected chi connectivity index (χ3v) is 11.4. The molecule has 1 aromatic rings. The monoisotopic (exact) mass is 446 g/mol. The highest BCUT2D eigenvalue weighted by Crippen LogP contribution is 2.66. The van der Waals surface area contributed by atoms with Crippen molar-refractivity contribution in [2.75, 3.05) is 0 Å². The van der Waals surface area contributed by atoms with Crippen LogP contribution in [0.3, 0.4) is 0 Å². The number of benzene rings is 1. The van der Waals surface area contributed by atoms with Crippen LogP contribution in [-0.4, -0.2) is 25.7 Å². The SMILES string of the molecule is Cc1ccc(S(=O)(=O)O[C@@H]2C[C@@H]3[C@@H]4CC[C@H]5CCCC[C@]5(C)[C@@H]4CC[C@@]3(C)[C@@H]2O)cc1. The smallest absolute Gasteiger partial charge is 0.297 e. The van der Waals surface area contributed by atoms with Crippen molar-refractivity contribution in [2.45, 2.75) is 95.7 Å². The highest BCUT2D eigenvalue weighted by molar-refractivity contribution is 7.86. The molecule has 0 heterocycles. The standard InChI is InChI=1S/C26H38O4S/c1-17-7-10-19(11-8-17)31(28,29)30-23-16-22-20-12-9-18-6-4-5-14-25(18,2)21(20)13-15-26(22,3)24(23)27/h7-8,10-11,18,20-24,27H,4-6,9,12-16H2,1-3H3/t18-,20-,21-,22-,23-,24-,25+,26-/m1/s1. The lowest BCUT2D eigenvalue weighted by molar-refractivity contribution is -0.122. The lowest BCUT2D eigenvalue weighted by Crippen LogP contribution is -2.53. The molecule has 5 heteroatoms. The van der Waals surface area contributed by atoms with Crippen molar-refractivity contribution in [1.82, 2.24) is 0 Å². The second-order valence-corrected chi connectivity index (χ2v) is 13.1. The number of aliphatic hydroxyl groups is 1. The molecule has 4 nitrogen and oxygen atoms in total. The van der Waals surface area contributed by atoms with Crippen LogP contribution in [-0.2, 0) is 14.3 Å². The van der Waals surface area contributed by atoms with Gasteiger partial charge in [0.05, 0.1) is 11.0 Å². The first-order chi connectivity index (χ1) is 14.6. The fourth-order valence-electron chi connectivity index (χ4n) is 8.27. The van der Waals surface area contributed by atoms with Crippen molar-refractivity contribution in [1.29, 1.82) is 0 Å². The molecule has 31 heavy (non-hydrogen) atoms. The highest BCUT2D eigenvalue weighted by Gasteiger charge is 2.62. The molecule has 0 aromatic heterocycles. The van der Waals surface area contributed by atoms with Gasteiger partial charge in [0, 0.05) is 0 Å². The second-order valence-electron chi connectivity index (χ2n) is 11.5. The van der Waals surface area contributed by atoms with Crippen LogP contribution in [0, 0.1) is 41.4 Å². The zero-order valence-electron chi connectivity index (χ0n) is 19.2. The molecule has 0 bridgehead atoms. The van der Waals surface area contributed by atoms with Gasteiger partial charge in [-0.25, -0.2) is 0 Å². The Bertz CT molecular complexity index is 925. The van der Waals surface area contributed by atoms with E-state index in [1.165, 1.54) is 44.9 Å². The summed E-state index contributed by atoms with van der Waals surface area (Å²) >= 11 is 0. The van der Waals surface area contributed by atoms with Crippen LogP contribution >= 0.6 is 0 Å². The molecule has 0 aliphatic heterocycles. The van der Waals surface area contributed by atoms with E-state index < -0.39 is 22.3 Å². The number of hydrogen-bond acceptors (Lipinski definition) is 4. The Balaban J connectivity index is 1.39. The lowest BCUT2D eigenvalue weighted by atomic mass is 9.45.